The van der Waals surface area contributed by atoms with E-state index in [9.17, 15) is 26.4 Å². The predicted molar refractivity (Wildman–Crippen MR) is 81.6 cm³/mol. The summed E-state index contributed by atoms with van der Waals surface area (Å²) in [6.45, 7) is 1.95. The number of halogens is 3. The molecule has 0 radical (unpaired) electrons. The summed E-state index contributed by atoms with van der Waals surface area (Å²) in [6, 6.07) is 5.26. The summed E-state index contributed by atoms with van der Waals surface area (Å²) in [5.74, 6) is -5.30. The van der Waals surface area contributed by atoms with Crippen LogP contribution in [0.5, 0.6) is 5.75 Å². The molecule has 1 aromatic carbocycles. The Morgan fingerprint density at radius 3 is 2.20 bits per heavy atom. The molecule has 0 amide bonds. The van der Waals surface area contributed by atoms with Crippen molar-refractivity contribution in [3.05, 3.63) is 24.3 Å². The average molecular weight is 381 g/mol. The Balaban J connectivity index is 2.26. The van der Waals surface area contributed by atoms with Crippen LogP contribution in [0.1, 0.15) is 13.8 Å². The molecule has 1 heterocycles. The zero-order valence-electron chi connectivity index (χ0n) is 13.5. The Kier molecular flexibility index (Phi) is 5.33. The van der Waals surface area contributed by atoms with Gasteiger partial charge in [0, 0.05) is 13.1 Å². The summed E-state index contributed by atoms with van der Waals surface area (Å²) < 4.78 is 70.0. The zero-order valence-corrected chi connectivity index (χ0v) is 14.3. The number of carboxylic acid groups (broad SMARTS) is 1. The molecule has 0 aliphatic carbocycles. The molecule has 1 fully saturated rings. The van der Waals surface area contributed by atoms with Gasteiger partial charge < -0.3 is 9.84 Å². The lowest BCUT2D eigenvalue weighted by Gasteiger charge is -2.18. The van der Waals surface area contributed by atoms with E-state index in [0.29, 0.717) is 10.1 Å². The minimum Gasteiger partial charge on any atom is -0.491 e. The fraction of sp³-hybridized carbons (Fsp3) is 0.533. The number of sulfonamides is 1. The summed E-state index contributed by atoms with van der Waals surface area (Å²) in [4.78, 5) is 10.9. The van der Waals surface area contributed by atoms with E-state index < -0.39 is 47.1 Å². The van der Waals surface area contributed by atoms with Crippen molar-refractivity contribution in [3.8, 4) is 5.75 Å². The highest BCUT2D eigenvalue weighted by Gasteiger charge is 2.54. The smallest absolute Gasteiger partial charge is 0.393 e. The van der Waals surface area contributed by atoms with Gasteiger partial charge >= 0.3 is 12.1 Å². The van der Waals surface area contributed by atoms with E-state index in [0.717, 1.165) is 0 Å². The van der Waals surface area contributed by atoms with Crippen LogP contribution in [0, 0.1) is 11.8 Å². The van der Waals surface area contributed by atoms with Crippen molar-refractivity contribution in [1.29, 1.82) is 0 Å². The van der Waals surface area contributed by atoms with Gasteiger partial charge in [0.25, 0.3) is 0 Å². The van der Waals surface area contributed by atoms with E-state index in [-0.39, 0.29) is 11.0 Å². The number of carboxylic acids is 1. The van der Waals surface area contributed by atoms with Crippen LogP contribution in [0.25, 0.3) is 0 Å². The van der Waals surface area contributed by atoms with Gasteiger partial charge in [-0.05, 0) is 38.1 Å². The molecule has 0 bridgehead atoms. The monoisotopic (exact) mass is 381 g/mol. The average Bonchev–Trinajstić information content (AvgIpc) is 2.93. The number of benzene rings is 1. The van der Waals surface area contributed by atoms with Gasteiger partial charge in [0.2, 0.25) is 10.0 Å². The highest BCUT2D eigenvalue weighted by atomic mass is 32.2. The molecule has 10 heteroatoms. The lowest BCUT2D eigenvalue weighted by atomic mass is 9.96. The first kappa shape index (κ1) is 19.5. The number of nitrogens with zero attached hydrogens (tertiary/aromatic N) is 1. The van der Waals surface area contributed by atoms with Gasteiger partial charge in [-0.15, -0.1) is 0 Å². The van der Waals surface area contributed by atoms with Crippen molar-refractivity contribution >= 4 is 16.0 Å². The van der Waals surface area contributed by atoms with E-state index in [2.05, 4.69) is 0 Å². The summed E-state index contributed by atoms with van der Waals surface area (Å²) in [5.41, 5.74) is 0. The molecule has 6 nitrogen and oxygen atoms in total. The molecular weight excluding hydrogens is 363 g/mol. The van der Waals surface area contributed by atoms with Gasteiger partial charge in [-0.1, -0.05) is 0 Å². The Labute approximate surface area is 143 Å². The standard InChI is InChI=1S/C15H18F3NO5S/c1-9(2)24-10-3-5-11(6-4-10)25(22,23)19-7-12(14(20)21)13(8-19)15(16,17)18/h3-6,9,12-13H,7-8H2,1-2H3,(H,20,21)/t12-,13-/m1/s1. The third-order valence-electron chi connectivity index (χ3n) is 3.86. The lowest BCUT2D eigenvalue weighted by molar-refractivity contribution is -0.187. The van der Waals surface area contributed by atoms with E-state index in [1.54, 1.807) is 13.8 Å². The Hall–Kier alpha value is -1.81. The fourth-order valence-electron chi connectivity index (χ4n) is 2.66. The zero-order chi connectivity index (χ0) is 19.0. The largest absolute Gasteiger partial charge is 0.491 e. The second kappa shape index (κ2) is 6.83. The van der Waals surface area contributed by atoms with Crippen molar-refractivity contribution in [2.45, 2.75) is 31.0 Å². The molecule has 0 unspecified atom stereocenters. The van der Waals surface area contributed by atoms with Crippen LogP contribution in [0.15, 0.2) is 29.2 Å². The van der Waals surface area contributed by atoms with Crippen LogP contribution < -0.4 is 4.74 Å². The van der Waals surface area contributed by atoms with Crippen molar-refractivity contribution in [1.82, 2.24) is 4.31 Å². The van der Waals surface area contributed by atoms with Crippen molar-refractivity contribution in [2.75, 3.05) is 13.1 Å². The molecule has 140 valence electrons. The molecule has 1 saturated heterocycles. The minimum atomic E-state index is -4.79. The van der Waals surface area contributed by atoms with Crippen LogP contribution >= 0.6 is 0 Å². The molecule has 1 aromatic rings. The second-order valence-corrected chi connectivity index (χ2v) is 7.99. The van der Waals surface area contributed by atoms with Gasteiger partial charge in [0.05, 0.1) is 22.8 Å². The molecule has 1 N–H and O–H groups in total. The van der Waals surface area contributed by atoms with Gasteiger partial charge in [-0.25, -0.2) is 8.42 Å². The summed E-state index contributed by atoms with van der Waals surface area (Å²) in [7, 11) is -4.23. The molecule has 25 heavy (non-hydrogen) atoms. The SMILES string of the molecule is CC(C)Oc1ccc(S(=O)(=O)N2C[C@@H](C(F)(F)F)[C@H](C(=O)O)C2)cc1. The van der Waals surface area contributed by atoms with Crippen LogP contribution in [-0.2, 0) is 14.8 Å². The lowest BCUT2D eigenvalue weighted by Crippen LogP contribution is -2.34. The van der Waals surface area contributed by atoms with Gasteiger partial charge in [0.15, 0.2) is 0 Å². The second-order valence-electron chi connectivity index (χ2n) is 6.05. The minimum absolute atomic E-state index is 0.120. The summed E-state index contributed by atoms with van der Waals surface area (Å²) in [5, 5.41) is 8.98. The fourth-order valence-corrected chi connectivity index (χ4v) is 4.15. The summed E-state index contributed by atoms with van der Waals surface area (Å²) in [6.07, 6.45) is -4.91. The third kappa shape index (κ3) is 4.24. The number of carbonyl (C=O) groups is 1. The summed E-state index contributed by atoms with van der Waals surface area (Å²) >= 11 is 0. The topological polar surface area (TPSA) is 83.9 Å². The molecule has 2 rings (SSSR count). The molecule has 0 saturated carbocycles. The number of hydrogen-bond acceptors (Lipinski definition) is 4. The Morgan fingerprint density at radius 2 is 1.80 bits per heavy atom. The first-order valence-corrected chi connectivity index (χ1v) is 8.93. The van der Waals surface area contributed by atoms with Crippen LogP contribution in [-0.4, -0.2) is 49.2 Å². The van der Waals surface area contributed by atoms with E-state index in [4.69, 9.17) is 9.84 Å². The van der Waals surface area contributed by atoms with Crippen LogP contribution in [0.4, 0.5) is 13.2 Å². The first-order chi connectivity index (χ1) is 11.4. The van der Waals surface area contributed by atoms with Crippen molar-refractivity contribution < 1.29 is 36.2 Å². The van der Waals surface area contributed by atoms with Crippen LogP contribution in [0.2, 0.25) is 0 Å². The highest BCUT2D eigenvalue weighted by Crippen LogP contribution is 2.39. The van der Waals surface area contributed by atoms with Crippen molar-refractivity contribution in [2.24, 2.45) is 11.8 Å². The Bertz CT molecular complexity index is 731. The number of aliphatic carboxylic acids is 1. The molecule has 1 aliphatic heterocycles. The molecular formula is C15H18F3NO5S. The van der Waals surface area contributed by atoms with E-state index in [1.807, 2.05) is 0 Å². The van der Waals surface area contributed by atoms with Gasteiger partial charge in [-0.3, -0.25) is 4.79 Å². The number of rotatable bonds is 5. The maximum atomic E-state index is 13.0. The first-order valence-electron chi connectivity index (χ1n) is 7.49. The van der Waals surface area contributed by atoms with E-state index >= 15 is 0 Å². The molecule has 0 aromatic heterocycles. The quantitative estimate of drug-likeness (QED) is 0.847. The number of alkyl halides is 3. The number of ether oxygens (including phenoxy) is 1. The third-order valence-corrected chi connectivity index (χ3v) is 5.70. The van der Waals surface area contributed by atoms with Crippen molar-refractivity contribution in [3.63, 3.8) is 0 Å². The highest BCUT2D eigenvalue weighted by molar-refractivity contribution is 7.89. The van der Waals surface area contributed by atoms with E-state index in [1.165, 1.54) is 24.3 Å². The molecule has 1 aliphatic rings. The Morgan fingerprint density at radius 1 is 1.24 bits per heavy atom. The van der Waals surface area contributed by atoms with Gasteiger partial charge in [0.1, 0.15) is 5.75 Å². The molecule has 0 spiro atoms. The van der Waals surface area contributed by atoms with Crippen LogP contribution in [0.3, 0.4) is 0 Å². The predicted octanol–water partition coefficient (Wildman–Crippen LogP) is 2.36. The van der Waals surface area contributed by atoms with Gasteiger partial charge in [-0.2, -0.15) is 17.5 Å². The maximum absolute atomic E-state index is 13.0. The molecule has 2 atom stereocenters. The maximum Gasteiger partial charge on any atom is 0.393 e. The number of hydrogen-bond donors (Lipinski definition) is 1. The normalized spacial score (nSPS) is 22.3.